The van der Waals surface area contributed by atoms with E-state index in [0.717, 1.165) is 26.4 Å². The van der Waals surface area contributed by atoms with E-state index in [9.17, 15) is 22.4 Å². The van der Waals surface area contributed by atoms with E-state index >= 15 is 0 Å². The summed E-state index contributed by atoms with van der Waals surface area (Å²) in [7, 11) is 1.14. The number of carbonyl (C=O) groups excluding carboxylic acids is 1. The Hall–Kier alpha value is -1.70. The highest BCUT2D eigenvalue weighted by atomic mass is 32.2. The Morgan fingerprint density at radius 1 is 1.04 bits per heavy atom. The second-order valence-electron chi connectivity index (χ2n) is 5.64. The van der Waals surface area contributed by atoms with Crippen molar-refractivity contribution in [2.24, 2.45) is 5.92 Å². The Bertz CT molecular complexity index is 727. The first-order chi connectivity index (χ1) is 11.5. The number of allylic oxidation sites excluding steroid dienone is 1. The molecule has 3 rings (SSSR count). The lowest BCUT2D eigenvalue weighted by atomic mass is 9.87. The molecule has 0 bridgehead atoms. The summed E-state index contributed by atoms with van der Waals surface area (Å²) in [6.07, 6.45) is 4.25. The predicted molar refractivity (Wildman–Crippen MR) is 78.4 cm³/mol. The molecule has 2 aliphatic rings. The number of methoxy groups -OCH3 is 1. The number of carbonyl (C=O) groups is 1. The summed E-state index contributed by atoms with van der Waals surface area (Å²) in [4.78, 5) is 11.4. The molecule has 1 fully saturated rings. The molecule has 0 saturated heterocycles. The van der Waals surface area contributed by atoms with Crippen molar-refractivity contribution in [1.29, 1.82) is 0 Å². The zero-order valence-electron chi connectivity index (χ0n) is 12.8. The van der Waals surface area contributed by atoms with Crippen LogP contribution in [0.25, 0.3) is 0 Å². The summed E-state index contributed by atoms with van der Waals surface area (Å²) in [6.45, 7) is 0. The van der Waals surface area contributed by atoms with E-state index in [0.29, 0.717) is 24.6 Å². The first-order valence-electron chi connectivity index (χ1n) is 7.49. The Kier molecular flexibility index (Phi) is 4.76. The SMILES string of the molecule is COC(=O)C1=C(C2CCCCC2)Oc2c(F)c(F)c(F)c(F)c2S1. The van der Waals surface area contributed by atoms with Gasteiger partial charge in [-0.1, -0.05) is 31.0 Å². The average molecular weight is 362 g/mol. The van der Waals surface area contributed by atoms with Gasteiger partial charge in [-0.15, -0.1) is 0 Å². The molecule has 0 spiro atoms. The number of fused-ring (bicyclic) bond motifs is 1. The van der Waals surface area contributed by atoms with Crippen LogP contribution in [0.15, 0.2) is 15.6 Å². The average Bonchev–Trinajstić information content (AvgIpc) is 2.63. The van der Waals surface area contributed by atoms with Gasteiger partial charge in [-0.05, 0) is 12.8 Å². The Balaban J connectivity index is 2.11. The summed E-state index contributed by atoms with van der Waals surface area (Å²) in [5, 5.41) is 0. The number of esters is 1. The highest BCUT2D eigenvalue weighted by Gasteiger charge is 2.37. The van der Waals surface area contributed by atoms with Crippen molar-refractivity contribution in [3.05, 3.63) is 33.9 Å². The van der Waals surface area contributed by atoms with Gasteiger partial charge in [0, 0.05) is 5.92 Å². The van der Waals surface area contributed by atoms with E-state index in [2.05, 4.69) is 4.74 Å². The maximum atomic E-state index is 14.0. The van der Waals surface area contributed by atoms with Crippen LogP contribution >= 0.6 is 11.8 Å². The van der Waals surface area contributed by atoms with Crippen LogP contribution in [0.1, 0.15) is 32.1 Å². The molecule has 1 aromatic carbocycles. The molecule has 0 aromatic heterocycles. The number of hydrogen-bond donors (Lipinski definition) is 0. The number of rotatable bonds is 2. The van der Waals surface area contributed by atoms with E-state index in [4.69, 9.17) is 4.74 Å². The summed E-state index contributed by atoms with van der Waals surface area (Å²) in [5.74, 6) is -8.59. The molecule has 1 aliphatic carbocycles. The maximum Gasteiger partial charge on any atom is 0.348 e. The number of thioether (sulfide) groups is 1. The van der Waals surface area contributed by atoms with Gasteiger partial charge in [0.15, 0.2) is 17.4 Å². The van der Waals surface area contributed by atoms with Gasteiger partial charge in [-0.2, -0.15) is 4.39 Å². The second kappa shape index (κ2) is 6.66. The number of benzene rings is 1. The summed E-state index contributed by atoms with van der Waals surface area (Å²) in [6, 6.07) is 0. The standard InChI is InChI=1S/C16H14F4O3S/c1-22-16(21)15-12(7-5-3-2-4-6-7)23-13-10(19)8(17)9(18)11(20)14(13)24-15/h7H,2-6H2,1H3. The van der Waals surface area contributed by atoms with Gasteiger partial charge in [-0.25, -0.2) is 18.0 Å². The molecule has 3 nitrogen and oxygen atoms in total. The molecule has 1 aliphatic heterocycles. The third-order valence-corrected chi connectivity index (χ3v) is 5.31. The minimum Gasteiger partial charge on any atom is -0.465 e. The minimum absolute atomic E-state index is 0.0544. The highest BCUT2D eigenvalue weighted by molar-refractivity contribution is 8.04. The Morgan fingerprint density at radius 2 is 1.67 bits per heavy atom. The van der Waals surface area contributed by atoms with E-state index in [1.165, 1.54) is 0 Å². The smallest absolute Gasteiger partial charge is 0.348 e. The van der Waals surface area contributed by atoms with E-state index in [1.54, 1.807) is 0 Å². The monoisotopic (exact) mass is 362 g/mol. The molecule has 8 heteroatoms. The molecule has 0 unspecified atom stereocenters. The lowest BCUT2D eigenvalue weighted by molar-refractivity contribution is -0.135. The Labute approximate surface area is 140 Å². The van der Waals surface area contributed by atoms with Crippen molar-refractivity contribution in [1.82, 2.24) is 0 Å². The van der Waals surface area contributed by atoms with Crippen molar-refractivity contribution < 1.29 is 31.8 Å². The van der Waals surface area contributed by atoms with Crippen LogP contribution in [0.3, 0.4) is 0 Å². The van der Waals surface area contributed by atoms with Gasteiger partial charge < -0.3 is 9.47 Å². The van der Waals surface area contributed by atoms with Gasteiger partial charge >= 0.3 is 5.97 Å². The fourth-order valence-corrected chi connectivity index (χ4v) is 4.03. The molecule has 1 saturated carbocycles. The number of hydrogen-bond acceptors (Lipinski definition) is 4. The number of halogens is 4. The van der Waals surface area contributed by atoms with Crippen LogP contribution < -0.4 is 4.74 Å². The summed E-state index contributed by atoms with van der Waals surface area (Å²) in [5.41, 5.74) is 0. The van der Waals surface area contributed by atoms with Gasteiger partial charge in [-0.3, -0.25) is 0 Å². The minimum atomic E-state index is -1.94. The molecule has 1 aromatic rings. The van der Waals surface area contributed by atoms with E-state index < -0.39 is 39.9 Å². The summed E-state index contributed by atoms with van der Waals surface area (Å²) < 4.78 is 65.0. The fraction of sp³-hybridized carbons (Fsp3) is 0.438. The van der Waals surface area contributed by atoms with Crippen molar-refractivity contribution >= 4 is 17.7 Å². The van der Waals surface area contributed by atoms with Gasteiger partial charge in [0.1, 0.15) is 10.7 Å². The van der Waals surface area contributed by atoms with Gasteiger partial charge in [0.05, 0.1) is 12.0 Å². The Morgan fingerprint density at radius 3 is 2.29 bits per heavy atom. The molecule has 24 heavy (non-hydrogen) atoms. The topological polar surface area (TPSA) is 35.5 Å². The first-order valence-corrected chi connectivity index (χ1v) is 8.31. The largest absolute Gasteiger partial charge is 0.465 e. The highest BCUT2D eigenvalue weighted by Crippen LogP contribution is 2.49. The molecule has 1 heterocycles. The molecule has 0 radical (unpaired) electrons. The zero-order valence-corrected chi connectivity index (χ0v) is 13.6. The van der Waals surface area contributed by atoms with Crippen LogP contribution in [-0.2, 0) is 9.53 Å². The van der Waals surface area contributed by atoms with Crippen LogP contribution in [0.5, 0.6) is 5.75 Å². The molecule has 130 valence electrons. The molecule has 0 amide bonds. The lowest BCUT2D eigenvalue weighted by Gasteiger charge is -2.29. The van der Waals surface area contributed by atoms with E-state index in [-0.39, 0.29) is 16.6 Å². The first kappa shape index (κ1) is 17.1. The van der Waals surface area contributed by atoms with Gasteiger partial charge in [0.25, 0.3) is 0 Å². The van der Waals surface area contributed by atoms with Crippen LogP contribution in [0, 0.1) is 29.2 Å². The van der Waals surface area contributed by atoms with E-state index in [1.807, 2.05) is 0 Å². The third kappa shape index (κ3) is 2.76. The van der Waals surface area contributed by atoms with Crippen LogP contribution in [-0.4, -0.2) is 13.1 Å². The maximum absolute atomic E-state index is 14.0. The number of ether oxygens (including phenoxy) is 2. The van der Waals surface area contributed by atoms with Crippen molar-refractivity contribution in [3.8, 4) is 5.75 Å². The zero-order chi connectivity index (χ0) is 17.4. The summed E-state index contributed by atoms with van der Waals surface area (Å²) >= 11 is 0.514. The molecular formula is C16H14F4O3S. The predicted octanol–water partition coefficient (Wildman–Crippen LogP) is 4.69. The van der Waals surface area contributed by atoms with Crippen molar-refractivity contribution in [3.63, 3.8) is 0 Å². The fourth-order valence-electron chi connectivity index (χ4n) is 2.95. The quantitative estimate of drug-likeness (QED) is 0.331. The molecule has 0 N–H and O–H groups in total. The normalized spacial score (nSPS) is 18.2. The molecule has 0 atom stereocenters. The lowest BCUT2D eigenvalue weighted by Crippen LogP contribution is -2.22. The molecular weight excluding hydrogens is 348 g/mol. The van der Waals surface area contributed by atoms with Crippen LogP contribution in [0.2, 0.25) is 0 Å². The van der Waals surface area contributed by atoms with Crippen LogP contribution in [0.4, 0.5) is 17.6 Å². The van der Waals surface area contributed by atoms with Crippen molar-refractivity contribution in [2.45, 2.75) is 37.0 Å². The van der Waals surface area contributed by atoms with Crippen molar-refractivity contribution in [2.75, 3.05) is 7.11 Å². The third-order valence-electron chi connectivity index (χ3n) is 4.17. The second-order valence-corrected chi connectivity index (χ2v) is 6.66. The van der Waals surface area contributed by atoms with Gasteiger partial charge in [0.2, 0.25) is 11.6 Å².